The first kappa shape index (κ1) is 25.4. The molecule has 1 aliphatic carbocycles. The smallest absolute Gasteiger partial charge is 0.243 e. The molecule has 188 valence electrons. The Balaban J connectivity index is 1.49. The molecule has 0 saturated heterocycles. The summed E-state index contributed by atoms with van der Waals surface area (Å²) in [6.07, 6.45) is 6.89. The van der Waals surface area contributed by atoms with Gasteiger partial charge in [-0.05, 0) is 55.0 Å². The topological polar surface area (TPSA) is 67.9 Å². The van der Waals surface area contributed by atoms with E-state index in [0.717, 1.165) is 42.6 Å². The van der Waals surface area contributed by atoms with E-state index in [-0.39, 0.29) is 24.3 Å². The molecule has 2 aromatic rings. The van der Waals surface area contributed by atoms with Gasteiger partial charge in [-0.3, -0.25) is 9.59 Å². The van der Waals surface area contributed by atoms with Gasteiger partial charge in [0.2, 0.25) is 11.8 Å². The van der Waals surface area contributed by atoms with Gasteiger partial charge in [-0.1, -0.05) is 62.1 Å². The lowest BCUT2D eigenvalue weighted by Crippen LogP contribution is -2.51. The number of amides is 2. The number of rotatable bonds is 9. The van der Waals surface area contributed by atoms with Gasteiger partial charge in [-0.15, -0.1) is 0 Å². The Kier molecular flexibility index (Phi) is 8.91. The fourth-order valence-electron chi connectivity index (χ4n) is 4.91. The molecule has 35 heavy (non-hydrogen) atoms. The van der Waals surface area contributed by atoms with Crippen molar-refractivity contribution in [2.24, 2.45) is 0 Å². The molecule has 0 bridgehead atoms. The molecule has 2 aromatic carbocycles. The molecule has 0 radical (unpaired) electrons. The van der Waals surface area contributed by atoms with Crippen molar-refractivity contribution in [1.29, 1.82) is 0 Å². The van der Waals surface area contributed by atoms with Gasteiger partial charge in [0.05, 0.1) is 0 Å². The first-order valence-electron chi connectivity index (χ1n) is 12.8. The Morgan fingerprint density at radius 2 is 1.80 bits per heavy atom. The van der Waals surface area contributed by atoms with E-state index in [0.29, 0.717) is 43.4 Å². The summed E-state index contributed by atoms with van der Waals surface area (Å²) in [6, 6.07) is 12.9. The van der Waals surface area contributed by atoms with Crippen LogP contribution in [0.3, 0.4) is 0 Å². The van der Waals surface area contributed by atoms with Crippen LogP contribution in [0.5, 0.6) is 11.5 Å². The van der Waals surface area contributed by atoms with Crippen LogP contribution in [0.4, 0.5) is 0 Å². The molecule has 4 rings (SSSR count). The molecular weight excluding hydrogens is 464 g/mol. The summed E-state index contributed by atoms with van der Waals surface area (Å²) in [7, 11) is 0. The van der Waals surface area contributed by atoms with Gasteiger partial charge in [-0.25, -0.2) is 0 Å². The largest absolute Gasteiger partial charge is 0.486 e. The fourth-order valence-corrected chi connectivity index (χ4v) is 5.11. The van der Waals surface area contributed by atoms with E-state index in [1.54, 1.807) is 4.90 Å². The second-order valence-corrected chi connectivity index (χ2v) is 9.77. The van der Waals surface area contributed by atoms with E-state index in [1.807, 2.05) is 49.4 Å². The number of nitrogens with one attached hydrogen (secondary N) is 1. The monoisotopic (exact) mass is 498 g/mol. The highest BCUT2D eigenvalue weighted by molar-refractivity contribution is 6.31. The maximum Gasteiger partial charge on any atom is 0.243 e. The lowest BCUT2D eigenvalue weighted by molar-refractivity contribution is -0.141. The maximum atomic E-state index is 13.6. The molecule has 2 amide bonds. The number of ether oxygens (including phenoxy) is 2. The van der Waals surface area contributed by atoms with Crippen LogP contribution in [0.25, 0.3) is 0 Å². The molecule has 2 aliphatic rings. The van der Waals surface area contributed by atoms with Crippen LogP contribution >= 0.6 is 11.6 Å². The molecule has 6 nitrogen and oxygen atoms in total. The summed E-state index contributed by atoms with van der Waals surface area (Å²) in [5, 5.41) is 3.81. The number of aryl methyl sites for hydroxylation is 1. The summed E-state index contributed by atoms with van der Waals surface area (Å²) >= 11 is 6.43. The molecule has 1 N–H and O–H groups in total. The van der Waals surface area contributed by atoms with Crippen molar-refractivity contribution in [2.75, 3.05) is 13.2 Å². The summed E-state index contributed by atoms with van der Waals surface area (Å²) in [5.41, 5.74) is 1.84. The molecule has 1 fully saturated rings. The third kappa shape index (κ3) is 6.69. The predicted octanol–water partition coefficient (Wildman–Crippen LogP) is 5.30. The average molecular weight is 499 g/mol. The van der Waals surface area contributed by atoms with E-state index in [4.69, 9.17) is 21.1 Å². The van der Waals surface area contributed by atoms with E-state index in [9.17, 15) is 9.59 Å². The summed E-state index contributed by atoms with van der Waals surface area (Å²) in [5.74, 6) is 1.31. The van der Waals surface area contributed by atoms with Gasteiger partial charge in [-0.2, -0.15) is 0 Å². The van der Waals surface area contributed by atoms with E-state index in [1.165, 1.54) is 6.42 Å². The first-order valence-corrected chi connectivity index (χ1v) is 13.1. The highest BCUT2D eigenvalue weighted by atomic mass is 35.5. The van der Waals surface area contributed by atoms with E-state index < -0.39 is 6.04 Å². The number of benzene rings is 2. The van der Waals surface area contributed by atoms with Crippen molar-refractivity contribution >= 4 is 23.4 Å². The predicted molar refractivity (Wildman–Crippen MR) is 137 cm³/mol. The summed E-state index contributed by atoms with van der Waals surface area (Å²) in [6.45, 7) is 3.33. The van der Waals surface area contributed by atoms with E-state index >= 15 is 0 Å². The third-order valence-corrected chi connectivity index (χ3v) is 7.24. The van der Waals surface area contributed by atoms with Crippen molar-refractivity contribution < 1.29 is 19.1 Å². The van der Waals surface area contributed by atoms with Crippen LogP contribution in [-0.2, 0) is 22.6 Å². The van der Waals surface area contributed by atoms with Gasteiger partial charge < -0.3 is 19.7 Å². The van der Waals surface area contributed by atoms with Crippen LogP contribution in [0.2, 0.25) is 5.02 Å². The second-order valence-electron chi connectivity index (χ2n) is 9.36. The zero-order chi connectivity index (χ0) is 24.6. The minimum atomic E-state index is -0.541. The number of halogens is 1. The van der Waals surface area contributed by atoms with Gasteiger partial charge >= 0.3 is 0 Å². The van der Waals surface area contributed by atoms with Crippen molar-refractivity contribution in [2.45, 2.75) is 76.9 Å². The normalized spacial score (nSPS) is 16.4. The molecule has 1 aliphatic heterocycles. The Labute approximate surface area is 212 Å². The molecule has 1 heterocycles. The van der Waals surface area contributed by atoms with Gasteiger partial charge in [0.15, 0.2) is 11.5 Å². The van der Waals surface area contributed by atoms with Crippen molar-refractivity contribution in [3.8, 4) is 11.5 Å². The summed E-state index contributed by atoms with van der Waals surface area (Å²) < 4.78 is 11.3. The number of fused-ring (bicyclic) bond motifs is 1. The third-order valence-electron chi connectivity index (χ3n) is 6.87. The highest BCUT2D eigenvalue weighted by Gasteiger charge is 2.30. The second kappa shape index (κ2) is 12.3. The van der Waals surface area contributed by atoms with Gasteiger partial charge in [0, 0.05) is 24.0 Å². The highest BCUT2D eigenvalue weighted by Crippen LogP contribution is 2.31. The maximum absolute atomic E-state index is 13.6. The number of nitrogens with zero attached hydrogens (tertiary/aromatic N) is 1. The van der Waals surface area contributed by atoms with Crippen molar-refractivity contribution in [3.05, 3.63) is 58.6 Å². The first-order chi connectivity index (χ1) is 17.0. The van der Waals surface area contributed by atoms with Crippen LogP contribution in [0, 0.1) is 0 Å². The molecule has 0 spiro atoms. The van der Waals surface area contributed by atoms with Crippen LogP contribution in [0.15, 0.2) is 42.5 Å². The minimum Gasteiger partial charge on any atom is -0.486 e. The Morgan fingerprint density at radius 3 is 2.54 bits per heavy atom. The zero-order valence-corrected chi connectivity index (χ0v) is 21.2. The van der Waals surface area contributed by atoms with Crippen LogP contribution in [0.1, 0.15) is 63.0 Å². The molecule has 1 saturated carbocycles. The molecule has 1 atom stereocenters. The zero-order valence-electron chi connectivity index (χ0n) is 20.4. The number of carbonyl (C=O) groups excluding carboxylic acids is 2. The number of hydrogen-bond acceptors (Lipinski definition) is 4. The lowest BCUT2D eigenvalue weighted by Gasteiger charge is -2.33. The SMILES string of the molecule is CC[C@H](C(=O)NC1CCCCC1)N(Cc1ccccc1Cl)C(=O)CCc1ccc2c(c1)OCCO2. The standard InChI is InChI=1S/C28H35ClN2O4/c1-2-24(28(33)30-22-9-4-3-5-10-22)31(19-21-8-6-7-11-23(21)29)27(32)15-13-20-12-14-25-26(18-20)35-17-16-34-25/h6-8,11-12,14,18,22,24H,2-5,9-10,13,15-17,19H2,1H3,(H,30,33)/t24-/m1/s1. The van der Waals surface area contributed by atoms with Gasteiger partial charge in [0.25, 0.3) is 0 Å². The molecule has 0 unspecified atom stereocenters. The Bertz CT molecular complexity index is 1020. The van der Waals surface area contributed by atoms with Crippen molar-refractivity contribution in [3.63, 3.8) is 0 Å². The summed E-state index contributed by atoms with van der Waals surface area (Å²) in [4.78, 5) is 28.6. The molecular formula is C28H35ClN2O4. The minimum absolute atomic E-state index is 0.0644. The van der Waals surface area contributed by atoms with E-state index in [2.05, 4.69) is 5.32 Å². The fraction of sp³-hybridized carbons (Fsp3) is 0.500. The average Bonchev–Trinajstić information content (AvgIpc) is 2.88. The number of hydrogen-bond donors (Lipinski definition) is 1. The number of carbonyl (C=O) groups is 2. The lowest BCUT2D eigenvalue weighted by atomic mass is 9.95. The Morgan fingerprint density at radius 1 is 1.06 bits per heavy atom. The van der Waals surface area contributed by atoms with Crippen molar-refractivity contribution in [1.82, 2.24) is 10.2 Å². The van der Waals surface area contributed by atoms with Crippen LogP contribution in [-0.4, -0.2) is 42.0 Å². The van der Waals surface area contributed by atoms with Gasteiger partial charge in [0.1, 0.15) is 19.3 Å². The molecule has 0 aromatic heterocycles. The Hall–Kier alpha value is -2.73. The molecule has 7 heteroatoms. The van der Waals surface area contributed by atoms with Crippen LogP contribution < -0.4 is 14.8 Å². The quantitative estimate of drug-likeness (QED) is 0.509.